The maximum atomic E-state index is 12.1. The minimum Gasteiger partial charge on any atom is -0.481 e. The number of nitriles is 1. The number of nitrogens with zero attached hydrogens (tertiary/aromatic N) is 2. The Morgan fingerprint density at radius 3 is 3.00 bits per heavy atom. The number of carboxylic acid groups (broad SMARTS) is 1. The SMILES string of the molecule is N#Cc1ccsc1NC(=O)CN1C2CCC1C(C(=O)O)C2. The van der Waals surface area contributed by atoms with Gasteiger partial charge < -0.3 is 10.4 Å². The fourth-order valence-corrected chi connectivity index (χ4v) is 4.19. The molecular weight excluding hydrogens is 290 g/mol. The van der Waals surface area contributed by atoms with Gasteiger partial charge in [-0.25, -0.2) is 0 Å². The Morgan fingerprint density at radius 2 is 2.33 bits per heavy atom. The highest BCUT2D eigenvalue weighted by atomic mass is 32.1. The second-order valence-electron chi connectivity index (χ2n) is 5.47. The molecule has 6 nitrogen and oxygen atoms in total. The molecule has 0 aliphatic carbocycles. The van der Waals surface area contributed by atoms with E-state index < -0.39 is 5.97 Å². The van der Waals surface area contributed by atoms with Crippen LogP contribution in [-0.4, -0.2) is 40.5 Å². The molecule has 3 unspecified atom stereocenters. The first kappa shape index (κ1) is 14.0. The first-order valence-electron chi connectivity index (χ1n) is 6.86. The van der Waals surface area contributed by atoms with Crippen molar-refractivity contribution in [3.05, 3.63) is 17.0 Å². The molecule has 2 bridgehead atoms. The van der Waals surface area contributed by atoms with Crippen LogP contribution in [0.15, 0.2) is 11.4 Å². The first-order chi connectivity index (χ1) is 10.1. The first-order valence-corrected chi connectivity index (χ1v) is 7.74. The summed E-state index contributed by atoms with van der Waals surface area (Å²) >= 11 is 1.32. The number of carbonyl (C=O) groups excluding carboxylic acids is 1. The quantitative estimate of drug-likeness (QED) is 0.879. The van der Waals surface area contributed by atoms with Gasteiger partial charge in [-0.2, -0.15) is 5.26 Å². The number of thiophene rings is 1. The van der Waals surface area contributed by atoms with Gasteiger partial charge in [0.2, 0.25) is 5.91 Å². The number of hydrogen-bond acceptors (Lipinski definition) is 5. The van der Waals surface area contributed by atoms with Crippen LogP contribution >= 0.6 is 11.3 Å². The molecule has 1 amide bonds. The van der Waals surface area contributed by atoms with E-state index in [0.29, 0.717) is 17.0 Å². The molecule has 7 heteroatoms. The van der Waals surface area contributed by atoms with E-state index >= 15 is 0 Å². The number of amides is 1. The summed E-state index contributed by atoms with van der Waals surface area (Å²) in [5.41, 5.74) is 0.459. The van der Waals surface area contributed by atoms with Gasteiger partial charge in [-0.05, 0) is 30.7 Å². The number of aliphatic carboxylic acids is 1. The van der Waals surface area contributed by atoms with Gasteiger partial charge in [0.1, 0.15) is 11.1 Å². The van der Waals surface area contributed by atoms with Crippen molar-refractivity contribution in [2.24, 2.45) is 5.92 Å². The zero-order chi connectivity index (χ0) is 15.0. The van der Waals surface area contributed by atoms with Crippen LogP contribution in [-0.2, 0) is 9.59 Å². The molecule has 21 heavy (non-hydrogen) atoms. The third-order valence-corrected chi connectivity index (χ3v) is 5.19. The molecule has 0 radical (unpaired) electrons. The van der Waals surface area contributed by atoms with E-state index in [4.69, 9.17) is 5.26 Å². The number of nitrogens with one attached hydrogen (secondary N) is 1. The summed E-state index contributed by atoms with van der Waals surface area (Å²) in [6, 6.07) is 3.86. The highest BCUT2D eigenvalue weighted by Crippen LogP contribution is 2.41. The number of fused-ring (bicyclic) bond motifs is 2. The Hall–Kier alpha value is -1.91. The average Bonchev–Trinajstić information content (AvgIpc) is 3.14. The molecule has 1 aromatic heterocycles. The van der Waals surface area contributed by atoms with Crippen LogP contribution in [0.25, 0.3) is 0 Å². The minimum atomic E-state index is -0.766. The monoisotopic (exact) mass is 305 g/mol. The predicted molar refractivity (Wildman–Crippen MR) is 76.9 cm³/mol. The van der Waals surface area contributed by atoms with Crippen LogP contribution < -0.4 is 5.32 Å². The van der Waals surface area contributed by atoms with E-state index in [1.54, 1.807) is 11.4 Å². The third kappa shape index (κ3) is 2.52. The highest BCUT2D eigenvalue weighted by Gasteiger charge is 2.49. The van der Waals surface area contributed by atoms with E-state index in [0.717, 1.165) is 12.8 Å². The van der Waals surface area contributed by atoms with Crippen LogP contribution in [0, 0.1) is 17.2 Å². The number of anilines is 1. The van der Waals surface area contributed by atoms with E-state index in [1.807, 2.05) is 11.0 Å². The zero-order valence-corrected chi connectivity index (χ0v) is 12.1. The van der Waals surface area contributed by atoms with Crippen molar-refractivity contribution in [1.82, 2.24) is 4.90 Å². The number of carboxylic acids is 1. The molecule has 2 saturated heterocycles. The molecule has 2 fully saturated rings. The van der Waals surface area contributed by atoms with Crippen LogP contribution in [0.2, 0.25) is 0 Å². The lowest BCUT2D eigenvalue weighted by molar-refractivity contribution is -0.142. The predicted octanol–water partition coefficient (Wildman–Crippen LogP) is 1.50. The number of hydrogen-bond donors (Lipinski definition) is 2. The summed E-state index contributed by atoms with van der Waals surface area (Å²) in [6.45, 7) is 0.196. The lowest BCUT2D eigenvalue weighted by Crippen LogP contribution is -2.38. The fraction of sp³-hybridized carbons (Fsp3) is 0.500. The van der Waals surface area contributed by atoms with E-state index in [-0.39, 0.29) is 30.5 Å². The summed E-state index contributed by atoms with van der Waals surface area (Å²) in [5, 5.41) is 23.2. The van der Waals surface area contributed by atoms with Crippen molar-refractivity contribution in [3.8, 4) is 6.07 Å². The van der Waals surface area contributed by atoms with E-state index in [1.165, 1.54) is 11.3 Å². The van der Waals surface area contributed by atoms with Crippen molar-refractivity contribution in [2.75, 3.05) is 11.9 Å². The smallest absolute Gasteiger partial charge is 0.308 e. The van der Waals surface area contributed by atoms with Gasteiger partial charge in [0, 0.05) is 12.1 Å². The van der Waals surface area contributed by atoms with Gasteiger partial charge in [-0.1, -0.05) is 0 Å². The maximum absolute atomic E-state index is 12.1. The molecule has 3 heterocycles. The van der Waals surface area contributed by atoms with Crippen molar-refractivity contribution in [2.45, 2.75) is 31.3 Å². The summed E-state index contributed by atoms with van der Waals surface area (Å²) in [7, 11) is 0. The topological polar surface area (TPSA) is 93.4 Å². The minimum absolute atomic E-state index is 0.0305. The molecule has 3 atom stereocenters. The van der Waals surface area contributed by atoms with Gasteiger partial charge in [0.15, 0.2) is 0 Å². The Bertz CT molecular complexity index is 621. The molecule has 3 rings (SSSR count). The average molecular weight is 305 g/mol. The van der Waals surface area contributed by atoms with Gasteiger partial charge in [-0.15, -0.1) is 11.3 Å². The van der Waals surface area contributed by atoms with Crippen LogP contribution in [0.1, 0.15) is 24.8 Å². The molecule has 110 valence electrons. The molecule has 2 N–H and O–H groups in total. The van der Waals surface area contributed by atoms with Crippen LogP contribution in [0.3, 0.4) is 0 Å². The van der Waals surface area contributed by atoms with Gasteiger partial charge in [0.05, 0.1) is 18.0 Å². The second kappa shape index (κ2) is 5.47. The largest absolute Gasteiger partial charge is 0.481 e. The summed E-state index contributed by atoms with van der Waals surface area (Å²) in [6.07, 6.45) is 2.44. The highest BCUT2D eigenvalue weighted by molar-refractivity contribution is 7.14. The summed E-state index contributed by atoms with van der Waals surface area (Å²) in [4.78, 5) is 25.3. The molecule has 2 aliphatic heterocycles. The van der Waals surface area contributed by atoms with Crippen LogP contribution in [0.5, 0.6) is 0 Å². The Balaban J connectivity index is 1.64. The standard InChI is InChI=1S/C14H15N3O3S/c15-6-8-3-4-21-13(8)16-12(18)7-17-9-1-2-11(17)10(5-9)14(19)20/h3-4,9-11H,1-2,5,7H2,(H,16,18)(H,19,20). The van der Waals surface area contributed by atoms with Crippen molar-refractivity contribution in [3.63, 3.8) is 0 Å². The third-order valence-electron chi connectivity index (χ3n) is 4.36. The van der Waals surface area contributed by atoms with Crippen molar-refractivity contribution >= 4 is 28.2 Å². The molecule has 0 spiro atoms. The lowest BCUT2D eigenvalue weighted by Gasteiger charge is -2.21. The molecule has 2 aliphatic rings. The van der Waals surface area contributed by atoms with Gasteiger partial charge in [0.25, 0.3) is 0 Å². The van der Waals surface area contributed by atoms with Crippen LogP contribution in [0.4, 0.5) is 5.00 Å². The summed E-state index contributed by atoms with van der Waals surface area (Å²) < 4.78 is 0. The number of rotatable bonds is 4. The van der Waals surface area contributed by atoms with Gasteiger partial charge in [-0.3, -0.25) is 14.5 Å². The second-order valence-corrected chi connectivity index (χ2v) is 6.39. The Kier molecular flexibility index (Phi) is 3.66. The van der Waals surface area contributed by atoms with Crippen molar-refractivity contribution in [1.29, 1.82) is 5.26 Å². The molecule has 0 aromatic carbocycles. The van der Waals surface area contributed by atoms with E-state index in [9.17, 15) is 14.7 Å². The molecule has 0 saturated carbocycles. The fourth-order valence-electron chi connectivity index (χ4n) is 3.44. The van der Waals surface area contributed by atoms with Crippen molar-refractivity contribution < 1.29 is 14.7 Å². The molecular formula is C14H15N3O3S. The molecule has 1 aromatic rings. The maximum Gasteiger partial charge on any atom is 0.308 e. The Morgan fingerprint density at radius 1 is 1.52 bits per heavy atom. The Labute approximate surface area is 126 Å². The zero-order valence-electron chi connectivity index (χ0n) is 11.3. The van der Waals surface area contributed by atoms with Gasteiger partial charge >= 0.3 is 5.97 Å². The lowest BCUT2D eigenvalue weighted by atomic mass is 9.89. The summed E-state index contributed by atoms with van der Waals surface area (Å²) in [5.74, 6) is -1.30. The number of carbonyl (C=O) groups is 2. The normalized spacial score (nSPS) is 27.5. The van der Waals surface area contributed by atoms with E-state index in [2.05, 4.69) is 5.32 Å².